The average Bonchev–Trinajstić information content (AvgIpc) is 2.77. The molecule has 2 aromatic carbocycles. The number of carbonyl (C=O) groups excluding carboxylic acids is 1. The minimum Gasteiger partial charge on any atom is -0.497 e. The van der Waals surface area contributed by atoms with Gasteiger partial charge in [0.25, 0.3) is 5.91 Å². The summed E-state index contributed by atoms with van der Waals surface area (Å²) in [5.74, 6) is 0.557. The van der Waals surface area contributed by atoms with Gasteiger partial charge in [-0.2, -0.15) is 4.31 Å². The molecule has 2 aromatic rings. The molecule has 8 heteroatoms. The van der Waals surface area contributed by atoms with Crippen molar-refractivity contribution in [3.05, 3.63) is 53.6 Å². The summed E-state index contributed by atoms with van der Waals surface area (Å²) in [5.41, 5.74) is 2.26. The van der Waals surface area contributed by atoms with Crippen LogP contribution in [0.3, 0.4) is 0 Å². The summed E-state index contributed by atoms with van der Waals surface area (Å²) in [4.78, 5) is 15.2. The molecule has 0 unspecified atom stereocenters. The SMILES string of the molecule is COc1ccc2c(c1)CCCN2C(=O)c1cccc(S(=O)(=O)N2C[C@@H](C)O[C@H](C)C2)c1. The number of carbonyl (C=O) groups is 1. The van der Waals surface area contributed by atoms with Crippen LogP contribution in [0.5, 0.6) is 5.75 Å². The van der Waals surface area contributed by atoms with Crippen molar-refractivity contribution >= 4 is 21.6 Å². The molecule has 0 saturated carbocycles. The molecule has 2 aliphatic rings. The summed E-state index contributed by atoms with van der Waals surface area (Å²) in [5, 5.41) is 0. The van der Waals surface area contributed by atoms with Crippen molar-refractivity contribution in [3.8, 4) is 5.75 Å². The fourth-order valence-electron chi connectivity index (χ4n) is 4.33. The number of hydrogen-bond donors (Lipinski definition) is 0. The third-order valence-electron chi connectivity index (χ3n) is 5.76. The van der Waals surface area contributed by atoms with Gasteiger partial charge in [-0.25, -0.2) is 8.42 Å². The van der Waals surface area contributed by atoms with Crippen molar-refractivity contribution in [1.82, 2.24) is 4.31 Å². The van der Waals surface area contributed by atoms with Crippen molar-refractivity contribution in [1.29, 1.82) is 0 Å². The lowest BCUT2D eigenvalue weighted by Crippen LogP contribution is -2.48. The van der Waals surface area contributed by atoms with E-state index in [2.05, 4.69) is 0 Å². The zero-order chi connectivity index (χ0) is 22.2. The highest BCUT2D eigenvalue weighted by Crippen LogP contribution is 2.32. The molecule has 4 rings (SSSR count). The van der Waals surface area contributed by atoms with Crippen LogP contribution in [-0.4, -0.2) is 57.6 Å². The second kappa shape index (κ2) is 8.61. The Kier molecular flexibility index (Phi) is 6.05. The summed E-state index contributed by atoms with van der Waals surface area (Å²) in [6, 6.07) is 12.0. The maximum absolute atomic E-state index is 13.3. The van der Waals surface area contributed by atoms with Crippen LogP contribution in [0.25, 0.3) is 0 Å². The first-order valence-electron chi connectivity index (χ1n) is 10.5. The average molecular weight is 445 g/mol. The maximum atomic E-state index is 13.3. The molecule has 7 nitrogen and oxygen atoms in total. The number of nitrogens with zero attached hydrogens (tertiary/aromatic N) is 2. The molecule has 0 aliphatic carbocycles. The number of amides is 1. The van der Waals surface area contributed by atoms with Crippen LogP contribution >= 0.6 is 0 Å². The number of benzene rings is 2. The van der Waals surface area contributed by atoms with Crippen molar-refractivity contribution < 1.29 is 22.7 Å². The summed E-state index contributed by atoms with van der Waals surface area (Å²) >= 11 is 0. The molecule has 31 heavy (non-hydrogen) atoms. The lowest BCUT2D eigenvalue weighted by atomic mass is 10.0. The molecule has 0 aromatic heterocycles. The van der Waals surface area contributed by atoms with Gasteiger partial charge in [-0.3, -0.25) is 4.79 Å². The molecule has 2 atom stereocenters. The number of rotatable bonds is 4. The maximum Gasteiger partial charge on any atom is 0.258 e. The minimum absolute atomic E-state index is 0.131. The summed E-state index contributed by atoms with van der Waals surface area (Å²) in [7, 11) is -2.10. The van der Waals surface area contributed by atoms with Gasteiger partial charge in [-0.05, 0) is 68.7 Å². The number of methoxy groups -OCH3 is 1. The molecule has 0 bridgehead atoms. The Balaban J connectivity index is 1.63. The van der Waals surface area contributed by atoms with Gasteiger partial charge >= 0.3 is 0 Å². The number of aryl methyl sites for hydroxylation is 1. The van der Waals surface area contributed by atoms with Crippen LogP contribution in [0.4, 0.5) is 5.69 Å². The highest BCUT2D eigenvalue weighted by atomic mass is 32.2. The molecule has 0 spiro atoms. The summed E-state index contributed by atoms with van der Waals surface area (Å²) in [6.07, 6.45) is 1.36. The standard InChI is InChI=1S/C23H28N2O5S/c1-16-14-24(15-17(2)30-16)31(27,28)21-8-4-6-19(13-21)23(26)25-11-5-7-18-12-20(29-3)9-10-22(18)25/h4,6,8-10,12-13,16-17H,5,7,11,14-15H2,1-3H3/t16-,17-/m1/s1. The van der Waals surface area contributed by atoms with Gasteiger partial charge < -0.3 is 14.4 Å². The first-order valence-corrected chi connectivity index (χ1v) is 12.0. The normalized spacial score (nSPS) is 22.1. The van der Waals surface area contributed by atoms with Gasteiger partial charge in [0.2, 0.25) is 10.0 Å². The Hall–Kier alpha value is -2.42. The van der Waals surface area contributed by atoms with Crippen LogP contribution in [-0.2, 0) is 21.2 Å². The zero-order valence-electron chi connectivity index (χ0n) is 18.1. The van der Waals surface area contributed by atoms with E-state index in [0.717, 1.165) is 29.8 Å². The monoisotopic (exact) mass is 444 g/mol. The lowest BCUT2D eigenvalue weighted by molar-refractivity contribution is -0.0440. The van der Waals surface area contributed by atoms with Gasteiger partial charge in [-0.1, -0.05) is 6.07 Å². The van der Waals surface area contributed by atoms with E-state index in [1.807, 2.05) is 32.0 Å². The van der Waals surface area contributed by atoms with Crippen LogP contribution in [0, 0.1) is 0 Å². The van der Waals surface area contributed by atoms with E-state index < -0.39 is 10.0 Å². The lowest BCUT2D eigenvalue weighted by Gasteiger charge is -2.34. The van der Waals surface area contributed by atoms with Gasteiger partial charge in [0.15, 0.2) is 0 Å². The molecule has 166 valence electrons. The highest BCUT2D eigenvalue weighted by Gasteiger charge is 2.33. The predicted molar refractivity (Wildman–Crippen MR) is 118 cm³/mol. The number of ether oxygens (including phenoxy) is 2. The Morgan fingerprint density at radius 3 is 2.55 bits per heavy atom. The number of morpholine rings is 1. The summed E-state index contributed by atoms with van der Waals surface area (Å²) < 4.78 is 38.9. The molecule has 2 heterocycles. The number of sulfonamides is 1. The third kappa shape index (κ3) is 4.33. The quantitative estimate of drug-likeness (QED) is 0.724. The van der Waals surface area contributed by atoms with Crippen LogP contribution < -0.4 is 9.64 Å². The smallest absolute Gasteiger partial charge is 0.258 e. The van der Waals surface area contributed by atoms with Crippen molar-refractivity contribution in [3.63, 3.8) is 0 Å². The van der Waals surface area contributed by atoms with E-state index in [1.54, 1.807) is 30.2 Å². The van der Waals surface area contributed by atoms with Crippen molar-refractivity contribution in [2.24, 2.45) is 0 Å². The molecular weight excluding hydrogens is 416 g/mol. The predicted octanol–water partition coefficient (Wildman–Crippen LogP) is 3.09. The second-order valence-electron chi connectivity index (χ2n) is 8.16. The molecule has 1 saturated heterocycles. The highest BCUT2D eigenvalue weighted by molar-refractivity contribution is 7.89. The fourth-order valence-corrected chi connectivity index (χ4v) is 5.97. The van der Waals surface area contributed by atoms with E-state index in [9.17, 15) is 13.2 Å². The molecular formula is C23H28N2O5S. The number of anilines is 1. The Morgan fingerprint density at radius 2 is 1.84 bits per heavy atom. The van der Waals surface area contributed by atoms with Crippen molar-refractivity contribution in [2.75, 3.05) is 31.6 Å². The van der Waals surface area contributed by atoms with Crippen molar-refractivity contribution in [2.45, 2.75) is 43.8 Å². The molecule has 1 amide bonds. The Labute approximate surface area is 183 Å². The van der Waals surface area contributed by atoms with E-state index >= 15 is 0 Å². The molecule has 1 fully saturated rings. The topological polar surface area (TPSA) is 76.2 Å². The second-order valence-corrected chi connectivity index (χ2v) is 10.1. The zero-order valence-corrected chi connectivity index (χ0v) is 18.9. The fraction of sp³-hybridized carbons (Fsp3) is 0.435. The third-order valence-corrected chi connectivity index (χ3v) is 7.58. The minimum atomic E-state index is -3.72. The van der Waals surface area contributed by atoms with Crippen LogP contribution in [0.1, 0.15) is 36.2 Å². The van der Waals surface area contributed by atoms with Crippen LogP contribution in [0.2, 0.25) is 0 Å². The first kappa shape index (κ1) is 21.8. The number of fused-ring (bicyclic) bond motifs is 1. The van der Waals surface area contributed by atoms with E-state index in [4.69, 9.17) is 9.47 Å². The van der Waals surface area contributed by atoms with Crippen LogP contribution in [0.15, 0.2) is 47.4 Å². The van der Waals surface area contributed by atoms with Gasteiger partial charge in [0.05, 0.1) is 24.2 Å². The van der Waals surface area contributed by atoms with Gasteiger partial charge in [-0.15, -0.1) is 0 Å². The first-order chi connectivity index (χ1) is 14.8. The Morgan fingerprint density at radius 1 is 1.10 bits per heavy atom. The summed E-state index contributed by atoms with van der Waals surface area (Å²) in [6.45, 7) is 4.91. The largest absolute Gasteiger partial charge is 0.497 e. The number of hydrogen-bond acceptors (Lipinski definition) is 5. The molecule has 2 aliphatic heterocycles. The van der Waals surface area contributed by atoms with E-state index in [-0.39, 0.29) is 23.0 Å². The molecule has 0 radical (unpaired) electrons. The Bertz CT molecular complexity index is 1080. The molecule has 0 N–H and O–H groups in total. The van der Waals surface area contributed by atoms with E-state index in [0.29, 0.717) is 25.2 Å². The van der Waals surface area contributed by atoms with Gasteiger partial charge in [0, 0.05) is 30.9 Å². The van der Waals surface area contributed by atoms with E-state index in [1.165, 1.54) is 10.4 Å². The van der Waals surface area contributed by atoms with Gasteiger partial charge in [0.1, 0.15) is 5.75 Å².